The number of hydrogen-bond donors (Lipinski definition) is 2. The Morgan fingerprint density at radius 1 is 1.33 bits per heavy atom. The molecule has 0 aliphatic heterocycles. The van der Waals surface area contributed by atoms with Gasteiger partial charge in [0.25, 0.3) is 0 Å². The highest BCUT2D eigenvalue weighted by molar-refractivity contribution is 9.10. The van der Waals surface area contributed by atoms with E-state index in [1.807, 2.05) is 19.0 Å². The Bertz CT molecular complexity index is 564. The molecule has 1 atom stereocenters. The van der Waals surface area contributed by atoms with E-state index in [-0.39, 0.29) is 10.9 Å². The summed E-state index contributed by atoms with van der Waals surface area (Å²) in [5.74, 6) is 0.410. The van der Waals surface area contributed by atoms with E-state index in [0.717, 1.165) is 6.42 Å². The van der Waals surface area contributed by atoms with Gasteiger partial charge in [-0.3, -0.25) is 0 Å². The topological polar surface area (TPSA) is 75.4 Å². The highest BCUT2D eigenvalue weighted by atomic mass is 79.9. The second-order valence-electron chi connectivity index (χ2n) is 5.89. The number of nitrogen functional groups attached to an aromatic ring is 1. The van der Waals surface area contributed by atoms with Crippen molar-refractivity contribution in [2.75, 3.05) is 26.4 Å². The summed E-state index contributed by atoms with van der Waals surface area (Å²) < 4.78 is 28.4. The molecule has 0 fully saturated rings. The van der Waals surface area contributed by atoms with Crippen LogP contribution >= 0.6 is 15.9 Å². The minimum atomic E-state index is -3.57. The highest BCUT2D eigenvalue weighted by Crippen LogP contribution is 2.23. The van der Waals surface area contributed by atoms with Crippen molar-refractivity contribution in [3.05, 3.63) is 22.7 Å². The molecule has 0 saturated carbocycles. The van der Waals surface area contributed by atoms with Gasteiger partial charge in [0.1, 0.15) is 0 Å². The number of anilines is 1. The lowest BCUT2D eigenvalue weighted by molar-refractivity contribution is 0.329. The third kappa shape index (κ3) is 5.94. The van der Waals surface area contributed by atoms with E-state index in [4.69, 9.17) is 5.73 Å². The molecule has 1 aromatic rings. The normalized spacial score (nSPS) is 13.9. The van der Waals surface area contributed by atoms with Crippen molar-refractivity contribution in [1.82, 2.24) is 9.62 Å². The molecule has 1 unspecified atom stereocenters. The van der Waals surface area contributed by atoms with Crippen LogP contribution in [0.5, 0.6) is 0 Å². The first kappa shape index (κ1) is 18.4. The summed E-state index contributed by atoms with van der Waals surface area (Å²) in [6.07, 6.45) is 0.781. The third-order valence-corrected chi connectivity index (χ3v) is 5.18. The average molecular weight is 378 g/mol. The Hall–Kier alpha value is -0.630. The second-order valence-corrected chi connectivity index (χ2v) is 8.46. The van der Waals surface area contributed by atoms with Crippen LogP contribution in [0.4, 0.5) is 5.69 Å². The smallest absolute Gasteiger partial charge is 0.240 e. The molecule has 120 valence electrons. The number of nitrogens with zero attached hydrogens (tertiary/aromatic N) is 1. The Morgan fingerprint density at radius 3 is 2.43 bits per heavy atom. The summed E-state index contributed by atoms with van der Waals surface area (Å²) in [5, 5.41) is 0. The van der Waals surface area contributed by atoms with Gasteiger partial charge in [-0.2, -0.15) is 0 Å². The molecule has 0 aliphatic carbocycles. The van der Waals surface area contributed by atoms with Gasteiger partial charge in [0, 0.05) is 22.7 Å². The van der Waals surface area contributed by atoms with Gasteiger partial charge in [-0.05, 0) is 60.6 Å². The van der Waals surface area contributed by atoms with Gasteiger partial charge in [-0.1, -0.05) is 13.8 Å². The summed E-state index contributed by atoms with van der Waals surface area (Å²) in [7, 11) is 0.292. The third-order valence-electron chi connectivity index (χ3n) is 2.94. The standard InChI is InChI=1S/C14H24BrN3O2S/c1-10(2)7-11(9-18(3)4)17-21(19,20)12-5-6-13(15)14(16)8-12/h5-6,8,10-11,17H,7,9,16H2,1-4H3. The van der Waals surface area contributed by atoms with Gasteiger partial charge in [-0.25, -0.2) is 13.1 Å². The number of nitrogens with two attached hydrogens (primary N) is 1. The number of hydrogen-bond acceptors (Lipinski definition) is 4. The van der Waals surface area contributed by atoms with E-state index in [0.29, 0.717) is 22.6 Å². The maximum atomic E-state index is 12.5. The predicted octanol–water partition coefficient (Wildman–Crippen LogP) is 2.29. The second kappa shape index (κ2) is 7.58. The number of rotatable bonds is 7. The van der Waals surface area contributed by atoms with Crippen LogP contribution in [0.2, 0.25) is 0 Å². The lowest BCUT2D eigenvalue weighted by atomic mass is 10.0. The number of nitrogens with one attached hydrogen (secondary N) is 1. The molecule has 5 nitrogen and oxygen atoms in total. The molecule has 1 rings (SSSR count). The zero-order valence-corrected chi connectivity index (χ0v) is 15.3. The van der Waals surface area contributed by atoms with E-state index in [9.17, 15) is 8.42 Å². The molecule has 0 saturated heterocycles. The number of likely N-dealkylation sites (N-methyl/N-ethyl adjacent to an activating group) is 1. The minimum Gasteiger partial charge on any atom is -0.398 e. The van der Waals surface area contributed by atoms with Crippen molar-refractivity contribution in [2.24, 2.45) is 5.92 Å². The Morgan fingerprint density at radius 2 is 1.95 bits per heavy atom. The molecule has 7 heteroatoms. The van der Waals surface area contributed by atoms with Crippen molar-refractivity contribution < 1.29 is 8.42 Å². The van der Waals surface area contributed by atoms with Crippen LogP contribution in [0.25, 0.3) is 0 Å². The lowest BCUT2D eigenvalue weighted by Gasteiger charge is -2.24. The quantitative estimate of drug-likeness (QED) is 0.714. The van der Waals surface area contributed by atoms with Crippen LogP contribution in [0.15, 0.2) is 27.6 Å². The number of sulfonamides is 1. The van der Waals surface area contributed by atoms with Crippen molar-refractivity contribution in [2.45, 2.75) is 31.2 Å². The van der Waals surface area contributed by atoms with Gasteiger partial charge in [-0.15, -0.1) is 0 Å². The summed E-state index contributed by atoms with van der Waals surface area (Å²) in [6.45, 7) is 4.81. The largest absolute Gasteiger partial charge is 0.398 e. The van der Waals surface area contributed by atoms with Crippen molar-refractivity contribution in [1.29, 1.82) is 0 Å². The molecule has 0 radical (unpaired) electrons. The minimum absolute atomic E-state index is 0.130. The monoisotopic (exact) mass is 377 g/mol. The van der Waals surface area contributed by atoms with Gasteiger partial charge in [0.05, 0.1) is 4.90 Å². The van der Waals surface area contributed by atoms with Crippen molar-refractivity contribution >= 4 is 31.6 Å². The molecule has 0 heterocycles. The SMILES string of the molecule is CC(C)CC(CN(C)C)NS(=O)(=O)c1ccc(Br)c(N)c1. The molecule has 0 spiro atoms. The van der Waals surface area contributed by atoms with Crippen molar-refractivity contribution in [3.63, 3.8) is 0 Å². The average Bonchev–Trinajstić information content (AvgIpc) is 2.29. The van der Waals surface area contributed by atoms with Crippen LogP contribution in [-0.4, -0.2) is 40.0 Å². The molecule has 3 N–H and O–H groups in total. The summed E-state index contributed by atoms with van der Waals surface area (Å²) in [5.41, 5.74) is 6.17. The van der Waals surface area contributed by atoms with E-state index < -0.39 is 10.0 Å². The van der Waals surface area contributed by atoms with Crippen molar-refractivity contribution in [3.8, 4) is 0 Å². The van der Waals surface area contributed by atoms with E-state index in [1.54, 1.807) is 12.1 Å². The molecule has 0 amide bonds. The van der Waals surface area contributed by atoms with Crippen LogP contribution in [0, 0.1) is 5.92 Å². The highest BCUT2D eigenvalue weighted by Gasteiger charge is 2.22. The van der Waals surface area contributed by atoms with Crippen LogP contribution in [0.3, 0.4) is 0 Å². The molecule has 21 heavy (non-hydrogen) atoms. The molecular formula is C14H24BrN3O2S. The molecule has 0 bridgehead atoms. The van der Waals surface area contributed by atoms with E-state index in [1.165, 1.54) is 6.07 Å². The van der Waals surface area contributed by atoms with Gasteiger partial charge >= 0.3 is 0 Å². The summed E-state index contributed by atoms with van der Waals surface area (Å²) in [4.78, 5) is 2.17. The maximum Gasteiger partial charge on any atom is 0.240 e. The maximum absolute atomic E-state index is 12.5. The molecule has 1 aromatic carbocycles. The van der Waals surface area contributed by atoms with E-state index in [2.05, 4.69) is 34.5 Å². The fraction of sp³-hybridized carbons (Fsp3) is 0.571. The Kier molecular flexibility index (Phi) is 6.65. The lowest BCUT2D eigenvalue weighted by Crippen LogP contribution is -2.42. The van der Waals surface area contributed by atoms with Gasteiger partial charge < -0.3 is 10.6 Å². The summed E-state index contributed by atoms with van der Waals surface area (Å²) >= 11 is 3.27. The Balaban J connectivity index is 2.96. The fourth-order valence-electron chi connectivity index (χ4n) is 2.15. The van der Waals surface area contributed by atoms with Gasteiger partial charge in [0.15, 0.2) is 0 Å². The fourth-order valence-corrected chi connectivity index (χ4v) is 3.67. The first-order valence-electron chi connectivity index (χ1n) is 6.84. The molecule has 0 aromatic heterocycles. The number of benzene rings is 1. The number of halogens is 1. The van der Waals surface area contributed by atoms with Crippen LogP contribution < -0.4 is 10.5 Å². The van der Waals surface area contributed by atoms with Crippen LogP contribution in [-0.2, 0) is 10.0 Å². The molecule has 0 aliphatic rings. The Labute approximate surface area is 136 Å². The van der Waals surface area contributed by atoms with E-state index >= 15 is 0 Å². The first-order chi connectivity index (χ1) is 9.61. The zero-order valence-electron chi connectivity index (χ0n) is 12.9. The predicted molar refractivity (Wildman–Crippen MR) is 90.7 cm³/mol. The zero-order chi connectivity index (χ0) is 16.2. The molecular weight excluding hydrogens is 354 g/mol. The first-order valence-corrected chi connectivity index (χ1v) is 9.11. The summed E-state index contributed by atoms with van der Waals surface area (Å²) in [6, 6.07) is 4.53. The van der Waals surface area contributed by atoms with Crippen LogP contribution in [0.1, 0.15) is 20.3 Å². The van der Waals surface area contributed by atoms with Gasteiger partial charge in [0.2, 0.25) is 10.0 Å².